The van der Waals surface area contributed by atoms with E-state index in [1.165, 1.54) is 6.07 Å². The van der Waals surface area contributed by atoms with E-state index < -0.39 is 5.97 Å². The van der Waals surface area contributed by atoms with Crippen LogP contribution in [0.4, 0.5) is 0 Å². The van der Waals surface area contributed by atoms with Crippen molar-refractivity contribution in [2.45, 2.75) is 13.8 Å². The van der Waals surface area contributed by atoms with Gasteiger partial charge in [-0.2, -0.15) is 0 Å². The fraction of sp³-hybridized carbons (Fsp3) is 0.143. The second-order valence-electron chi connectivity index (χ2n) is 4.64. The predicted molar refractivity (Wildman–Crippen MR) is 71.9 cm³/mol. The number of aromatic hydroxyl groups is 1. The maximum absolute atomic E-state index is 10.8. The molecule has 0 saturated heterocycles. The fourth-order valence-electron chi connectivity index (χ4n) is 2.27. The Morgan fingerprint density at radius 2 is 2.10 bits per heavy atom. The SMILES string of the molecule is Cc1[nH]c2ccc(-c3cc(C(=O)O)on3)c(O)c2c1C. The van der Waals surface area contributed by atoms with Crippen LogP contribution in [-0.2, 0) is 0 Å². The number of nitrogens with zero attached hydrogens (tertiary/aromatic N) is 1. The second-order valence-corrected chi connectivity index (χ2v) is 4.64. The van der Waals surface area contributed by atoms with Gasteiger partial charge in [0.1, 0.15) is 11.4 Å². The van der Waals surface area contributed by atoms with Crippen molar-refractivity contribution in [1.29, 1.82) is 0 Å². The molecular weight excluding hydrogens is 260 g/mol. The Labute approximate surface area is 113 Å². The van der Waals surface area contributed by atoms with Crippen LogP contribution in [0.25, 0.3) is 22.2 Å². The number of H-pyrrole nitrogens is 1. The maximum Gasteiger partial charge on any atom is 0.374 e. The molecule has 0 radical (unpaired) electrons. The summed E-state index contributed by atoms with van der Waals surface area (Å²) in [7, 11) is 0. The highest BCUT2D eigenvalue weighted by Gasteiger charge is 2.18. The summed E-state index contributed by atoms with van der Waals surface area (Å²) in [4.78, 5) is 14.0. The number of aryl methyl sites for hydroxylation is 2. The molecule has 0 amide bonds. The van der Waals surface area contributed by atoms with Crippen LogP contribution in [0.1, 0.15) is 21.8 Å². The lowest BCUT2D eigenvalue weighted by atomic mass is 10.0. The van der Waals surface area contributed by atoms with Gasteiger partial charge in [0.2, 0.25) is 5.76 Å². The van der Waals surface area contributed by atoms with Crippen molar-refractivity contribution in [2.24, 2.45) is 0 Å². The third-order valence-electron chi connectivity index (χ3n) is 3.43. The first-order valence-corrected chi connectivity index (χ1v) is 6.00. The Morgan fingerprint density at radius 3 is 2.75 bits per heavy atom. The standard InChI is InChI=1S/C14H12N2O4/c1-6-7(2)15-9-4-3-8(13(17)12(6)9)10-5-11(14(18)19)20-16-10/h3-5,15,17H,1-2H3,(H,18,19). The number of aromatic amines is 1. The number of carbonyl (C=O) groups is 1. The number of aromatic nitrogens is 2. The number of benzene rings is 1. The van der Waals surface area contributed by atoms with Crippen LogP contribution in [0.3, 0.4) is 0 Å². The lowest BCUT2D eigenvalue weighted by Gasteiger charge is -2.03. The van der Waals surface area contributed by atoms with E-state index in [0.29, 0.717) is 16.6 Å². The molecule has 2 heterocycles. The van der Waals surface area contributed by atoms with Crippen LogP contribution in [0.5, 0.6) is 5.75 Å². The van der Waals surface area contributed by atoms with Gasteiger partial charge in [-0.05, 0) is 31.5 Å². The lowest BCUT2D eigenvalue weighted by Crippen LogP contribution is -1.91. The second kappa shape index (κ2) is 4.12. The molecule has 20 heavy (non-hydrogen) atoms. The number of carboxylic acid groups (broad SMARTS) is 1. The van der Waals surface area contributed by atoms with Gasteiger partial charge in [-0.1, -0.05) is 5.16 Å². The van der Waals surface area contributed by atoms with Crippen molar-refractivity contribution in [2.75, 3.05) is 0 Å². The minimum atomic E-state index is -1.20. The van der Waals surface area contributed by atoms with Crippen LogP contribution < -0.4 is 0 Å². The number of phenols is 1. The Hall–Kier alpha value is -2.76. The zero-order chi connectivity index (χ0) is 14.4. The summed E-state index contributed by atoms with van der Waals surface area (Å²) in [6.45, 7) is 3.83. The molecule has 2 aromatic heterocycles. The number of hydrogen-bond donors (Lipinski definition) is 3. The van der Waals surface area contributed by atoms with Crippen molar-refractivity contribution >= 4 is 16.9 Å². The van der Waals surface area contributed by atoms with Gasteiger partial charge in [-0.3, -0.25) is 0 Å². The van der Waals surface area contributed by atoms with Gasteiger partial charge in [0.15, 0.2) is 0 Å². The Morgan fingerprint density at radius 1 is 1.35 bits per heavy atom. The molecule has 6 nitrogen and oxygen atoms in total. The smallest absolute Gasteiger partial charge is 0.374 e. The largest absolute Gasteiger partial charge is 0.507 e. The molecule has 0 bridgehead atoms. The number of carboxylic acids is 1. The molecule has 0 spiro atoms. The average molecular weight is 272 g/mol. The minimum absolute atomic E-state index is 0.0644. The molecule has 0 atom stereocenters. The number of hydrogen-bond acceptors (Lipinski definition) is 4. The quantitative estimate of drug-likeness (QED) is 0.666. The van der Waals surface area contributed by atoms with E-state index in [1.54, 1.807) is 6.07 Å². The maximum atomic E-state index is 10.8. The summed E-state index contributed by atoms with van der Waals surface area (Å²) in [5.41, 5.74) is 3.47. The molecule has 3 aromatic rings. The number of nitrogens with one attached hydrogen (secondary N) is 1. The number of aromatic carboxylic acids is 1. The third-order valence-corrected chi connectivity index (χ3v) is 3.43. The summed E-state index contributed by atoms with van der Waals surface area (Å²) in [5.74, 6) is -1.39. The van der Waals surface area contributed by atoms with Crippen LogP contribution in [-0.4, -0.2) is 26.3 Å². The molecule has 0 saturated carbocycles. The number of rotatable bonds is 2. The molecule has 6 heteroatoms. The van der Waals surface area contributed by atoms with Gasteiger partial charge < -0.3 is 19.7 Å². The average Bonchev–Trinajstić information content (AvgIpc) is 2.97. The number of fused-ring (bicyclic) bond motifs is 1. The minimum Gasteiger partial charge on any atom is -0.507 e. The number of phenolic OH excluding ortho intramolecular Hbond substituents is 1. The Bertz CT molecular complexity index is 829. The first-order valence-electron chi connectivity index (χ1n) is 6.00. The molecule has 0 aliphatic rings. The van der Waals surface area contributed by atoms with Crippen LogP contribution in [0, 0.1) is 13.8 Å². The molecule has 3 N–H and O–H groups in total. The molecule has 102 valence electrons. The van der Waals surface area contributed by atoms with E-state index in [4.69, 9.17) is 9.63 Å². The highest BCUT2D eigenvalue weighted by molar-refractivity contribution is 5.96. The normalized spacial score (nSPS) is 11.1. The van der Waals surface area contributed by atoms with Crippen molar-refractivity contribution in [3.63, 3.8) is 0 Å². The monoisotopic (exact) mass is 272 g/mol. The predicted octanol–water partition coefficient (Wildman–Crippen LogP) is 2.84. The highest BCUT2D eigenvalue weighted by atomic mass is 16.5. The Kier molecular flexibility index (Phi) is 2.53. The molecule has 1 aromatic carbocycles. The molecular formula is C14H12N2O4. The van der Waals surface area contributed by atoms with Crippen molar-refractivity contribution in [3.05, 3.63) is 35.2 Å². The van der Waals surface area contributed by atoms with Crippen molar-refractivity contribution < 1.29 is 19.5 Å². The molecule has 3 rings (SSSR count). The highest BCUT2D eigenvalue weighted by Crippen LogP contribution is 2.38. The summed E-state index contributed by atoms with van der Waals surface area (Å²) >= 11 is 0. The summed E-state index contributed by atoms with van der Waals surface area (Å²) in [6.07, 6.45) is 0. The van der Waals surface area contributed by atoms with E-state index in [2.05, 4.69) is 10.1 Å². The van der Waals surface area contributed by atoms with E-state index in [9.17, 15) is 9.90 Å². The topological polar surface area (TPSA) is 99.4 Å². The van der Waals surface area contributed by atoms with Crippen molar-refractivity contribution in [1.82, 2.24) is 10.1 Å². The van der Waals surface area contributed by atoms with E-state index in [1.807, 2.05) is 19.9 Å². The molecule has 0 aliphatic heterocycles. The van der Waals surface area contributed by atoms with Gasteiger partial charge >= 0.3 is 5.97 Å². The van der Waals surface area contributed by atoms with E-state index in [0.717, 1.165) is 16.8 Å². The molecule has 0 unspecified atom stereocenters. The molecule has 0 fully saturated rings. The summed E-state index contributed by atoms with van der Waals surface area (Å²) in [5, 5.41) is 23.6. The first kappa shape index (κ1) is 12.3. The zero-order valence-corrected chi connectivity index (χ0v) is 10.9. The zero-order valence-electron chi connectivity index (χ0n) is 10.9. The Balaban J connectivity index is 2.23. The van der Waals surface area contributed by atoms with Gasteiger partial charge in [0.05, 0.1) is 0 Å². The molecule has 0 aliphatic carbocycles. The van der Waals surface area contributed by atoms with Gasteiger partial charge in [0, 0.05) is 28.2 Å². The summed E-state index contributed by atoms with van der Waals surface area (Å²) < 4.78 is 4.71. The van der Waals surface area contributed by atoms with Crippen LogP contribution >= 0.6 is 0 Å². The third kappa shape index (κ3) is 1.65. The first-order chi connectivity index (χ1) is 9.49. The summed E-state index contributed by atoms with van der Waals surface area (Å²) in [6, 6.07) is 4.79. The van der Waals surface area contributed by atoms with E-state index >= 15 is 0 Å². The van der Waals surface area contributed by atoms with Crippen LogP contribution in [0.2, 0.25) is 0 Å². The van der Waals surface area contributed by atoms with Crippen LogP contribution in [0.15, 0.2) is 22.7 Å². The van der Waals surface area contributed by atoms with Gasteiger partial charge in [-0.25, -0.2) is 4.79 Å². The van der Waals surface area contributed by atoms with Gasteiger partial charge in [0.25, 0.3) is 0 Å². The fourth-order valence-corrected chi connectivity index (χ4v) is 2.27. The van der Waals surface area contributed by atoms with Gasteiger partial charge in [-0.15, -0.1) is 0 Å². The van der Waals surface area contributed by atoms with E-state index in [-0.39, 0.29) is 11.5 Å². The van der Waals surface area contributed by atoms with Crippen molar-refractivity contribution in [3.8, 4) is 17.0 Å². The lowest BCUT2D eigenvalue weighted by molar-refractivity contribution is 0.0652.